The Kier molecular flexibility index (Phi) is 4.57. The lowest BCUT2D eigenvalue weighted by Crippen LogP contribution is -1.99. The minimum atomic E-state index is -0.456. The van der Waals surface area contributed by atoms with E-state index in [9.17, 15) is 10.1 Å². The van der Waals surface area contributed by atoms with Crippen LogP contribution < -0.4 is 5.32 Å². The van der Waals surface area contributed by atoms with Gasteiger partial charge in [0, 0.05) is 30.3 Å². The van der Waals surface area contributed by atoms with Crippen molar-refractivity contribution >= 4 is 29.3 Å². The maximum Gasteiger partial charge on any atom is 0.311 e. The number of nitrogens with one attached hydrogen (secondary N) is 1. The normalized spacial score (nSPS) is 10.7. The lowest BCUT2D eigenvalue weighted by atomic mass is 10.1. The SMILES string of the molecule is O=[N+]([O-])c1cccnc1Nc1cccc(C=Cc2ccncc2)c1. The van der Waals surface area contributed by atoms with Crippen LogP contribution in [0.15, 0.2) is 67.1 Å². The van der Waals surface area contributed by atoms with E-state index in [0.717, 1.165) is 16.8 Å². The lowest BCUT2D eigenvalue weighted by molar-refractivity contribution is -0.384. The summed E-state index contributed by atoms with van der Waals surface area (Å²) in [5.41, 5.74) is 2.68. The molecule has 0 unspecified atom stereocenters. The number of aromatic nitrogens is 2. The first kappa shape index (κ1) is 15.4. The molecule has 0 saturated carbocycles. The molecule has 0 radical (unpaired) electrons. The Hall–Kier alpha value is -3.54. The van der Waals surface area contributed by atoms with Gasteiger partial charge >= 0.3 is 5.69 Å². The van der Waals surface area contributed by atoms with Crippen LogP contribution in [0.5, 0.6) is 0 Å². The molecule has 0 aliphatic carbocycles. The van der Waals surface area contributed by atoms with Crippen molar-refractivity contribution in [1.82, 2.24) is 9.97 Å². The predicted octanol–water partition coefficient (Wildman–Crippen LogP) is 4.30. The summed E-state index contributed by atoms with van der Waals surface area (Å²) in [6.45, 7) is 0. The molecule has 3 aromatic rings. The molecule has 2 aromatic heterocycles. The molecule has 6 heteroatoms. The minimum absolute atomic E-state index is 0.0600. The third-order valence-electron chi connectivity index (χ3n) is 3.31. The Morgan fingerprint density at radius 2 is 1.75 bits per heavy atom. The van der Waals surface area contributed by atoms with Gasteiger partial charge in [-0.1, -0.05) is 24.3 Å². The van der Waals surface area contributed by atoms with Gasteiger partial charge in [-0.15, -0.1) is 0 Å². The number of benzene rings is 1. The average Bonchev–Trinajstić information content (AvgIpc) is 2.61. The first-order valence-electron chi connectivity index (χ1n) is 7.27. The van der Waals surface area contributed by atoms with Crippen LogP contribution in [-0.4, -0.2) is 14.9 Å². The molecule has 0 aliphatic heterocycles. The van der Waals surface area contributed by atoms with Crippen LogP contribution in [0.3, 0.4) is 0 Å². The van der Waals surface area contributed by atoms with E-state index in [4.69, 9.17) is 0 Å². The molecule has 118 valence electrons. The Morgan fingerprint density at radius 1 is 0.958 bits per heavy atom. The molecule has 1 aromatic carbocycles. The first-order valence-corrected chi connectivity index (χ1v) is 7.27. The molecule has 1 N–H and O–H groups in total. The fourth-order valence-electron chi connectivity index (χ4n) is 2.16. The van der Waals surface area contributed by atoms with Crippen LogP contribution >= 0.6 is 0 Å². The van der Waals surface area contributed by atoms with Crippen molar-refractivity contribution in [3.63, 3.8) is 0 Å². The Bertz CT molecular complexity index is 879. The van der Waals surface area contributed by atoms with Crippen LogP contribution in [-0.2, 0) is 0 Å². The minimum Gasteiger partial charge on any atom is -0.334 e. The van der Waals surface area contributed by atoms with E-state index in [1.807, 2.05) is 48.6 Å². The number of hydrogen-bond acceptors (Lipinski definition) is 5. The molecule has 0 atom stereocenters. The summed E-state index contributed by atoms with van der Waals surface area (Å²) < 4.78 is 0. The van der Waals surface area contributed by atoms with E-state index in [2.05, 4.69) is 15.3 Å². The standard InChI is InChI=1S/C18H14N4O2/c23-22(24)17-5-2-10-20-18(17)21-16-4-1-3-15(13-16)7-6-14-8-11-19-12-9-14/h1-13H,(H,20,21). The van der Waals surface area contributed by atoms with Crippen LogP contribution in [0, 0.1) is 10.1 Å². The molecule has 2 heterocycles. The molecule has 0 saturated heterocycles. The second-order valence-electron chi connectivity index (χ2n) is 4.99. The van der Waals surface area contributed by atoms with Gasteiger partial charge in [0.05, 0.1) is 4.92 Å². The second kappa shape index (κ2) is 7.15. The summed E-state index contributed by atoms with van der Waals surface area (Å²) in [4.78, 5) is 18.6. The monoisotopic (exact) mass is 318 g/mol. The number of rotatable bonds is 5. The number of nitrogens with zero attached hydrogens (tertiary/aromatic N) is 3. The highest BCUT2D eigenvalue weighted by Gasteiger charge is 2.13. The maximum absolute atomic E-state index is 11.0. The van der Waals surface area contributed by atoms with Gasteiger partial charge in [0.25, 0.3) is 0 Å². The third kappa shape index (κ3) is 3.80. The summed E-state index contributed by atoms with van der Waals surface area (Å²) in [6, 6.07) is 14.3. The summed E-state index contributed by atoms with van der Waals surface area (Å²) in [5, 5.41) is 14.0. The van der Waals surface area contributed by atoms with Crippen molar-refractivity contribution in [2.45, 2.75) is 0 Å². The fraction of sp³-hybridized carbons (Fsp3) is 0. The average molecular weight is 318 g/mol. The highest BCUT2D eigenvalue weighted by Crippen LogP contribution is 2.25. The van der Waals surface area contributed by atoms with Gasteiger partial charge in [0.1, 0.15) is 0 Å². The number of hydrogen-bond donors (Lipinski definition) is 1. The van der Waals surface area contributed by atoms with Crippen molar-refractivity contribution in [3.8, 4) is 0 Å². The fourth-order valence-corrected chi connectivity index (χ4v) is 2.16. The summed E-state index contributed by atoms with van der Waals surface area (Å²) in [6.07, 6.45) is 8.93. The van der Waals surface area contributed by atoms with Crippen molar-refractivity contribution in [2.75, 3.05) is 5.32 Å². The number of pyridine rings is 2. The molecular formula is C18H14N4O2. The zero-order valence-corrected chi connectivity index (χ0v) is 12.7. The van der Waals surface area contributed by atoms with Crippen molar-refractivity contribution < 1.29 is 4.92 Å². The molecule has 0 spiro atoms. The Balaban J connectivity index is 1.81. The lowest BCUT2D eigenvalue weighted by Gasteiger charge is -2.06. The Morgan fingerprint density at radius 3 is 2.54 bits per heavy atom. The van der Waals surface area contributed by atoms with Crippen LogP contribution in [0.1, 0.15) is 11.1 Å². The molecule has 0 fully saturated rings. The molecule has 3 rings (SSSR count). The highest BCUT2D eigenvalue weighted by atomic mass is 16.6. The van der Waals surface area contributed by atoms with E-state index < -0.39 is 4.92 Å². The van der Waals surface area contributed by atoms with Crippen LogP contribution in [0.2, 0.25) is 0 Å². The largest absolute Gasteiger partial charge is 0.334 e. The first-order chi connectivity index (χ1) is 11.7. The summed E-state index contributed by atoms with van der Waals surface area (Å²) in [7, 11) is 0. The van der Waals surface area contributed by atoms with Crippen LogP contribution in [0.25, 0.3) is 12.2 Å². The number of nitro groups is 1. The highest BCUT2D eigenvalue weighted by molar-refractivity contribution is 5.73. The van der Waals surface area contributed by atoms with E-state index in [1.165, 1.54) is 18.3 Å². The molecular weight excluding hydrogens is 304 g/mol. The molecule has 0 bridgehead atoms. The van der Waals surface area contributed by atoms with Crippen molar-refractivity contribution in [2.24, 2.45) is 0 Å². The Labute approximate surface area is 138 Å². The molecule has 24 heavy (non-hydrogen) atoms. The smallest absolute Gasteiger partial charge is 0.311 e. The van der Waals surface area contributed by atoms with E-state index in [0.29, 0.717) is 0 Å². The van der Waals surface area contributed by atoms with E-state index in [-0.39, 0.29) is 11.5 Å². The van der Waals surface area contributed by atoms with Gasteiger partial charge in [0.2, 0.25) is 5.82 Å². The quantitative estimate of drug-likeness (QED) is 0.560. The summed E-state index contributed by atoms with van der Waals surface area (Å²) in [5.74, 6) is 0.220. The van der Waals surface area contributed by atoms with Crippen molar-refractivity contribution in [3.05, 3.63) is 88.4 Å². The van der Waals surface area contributed by atoms with Gasteiger partial charge < -0.3 is 5.32 Å². The van der Waals surface area contributed by atoms with Gasteiger partial charge in [0.15, 0.2) is 0 Å². The second-order valence-corrected chi connectivity index (χ2v) is 4.99. The van der Waals surface area contributed by atoms with Crippen molar-refractivity contribution in [1.29, 1.82) is 0 Å². The molecule has 6 nitrogen and oxygen atoms in total. The van der Waals surface area contributed by atoms with Gasteiger partial charge in [-0.3, -0.25) is 15.1 Å². The zero-order valence-electron chi connectivity index (χ0n) is 12.7. The van der Waals surface area contributed by atoms with Gasteiger partial charge in [-0.05, 0) is 41.5 Å². The third-order valence-corrected chi connectivity index (χ3v) is 3.31. The topological polar surface area (TPSA) is 81.0 Å². The summed E-state index contributed by atoms with van der Waals surface area (Å²) >= 11 is 0. The maximum atomic E-state index is 11.0. The molecule has 0 aliphatic rings. The van der Waals surface area contributed by atoms with E-state index in [1.54, 1.807) is 12.4 Å². The van der Waals surface area contributed by atoms with E-state index >= 15 is 0 Å². The molecule has 0 amide bonds. The zero-order chi connectivity index (χ0) is 16.8. The number of anilines is 2. The van der Waals surface area contributed by atoms with Gasteiger partial charge in [-0.2, -0.15) is 0 Å². The van der Waals surface area contributed by atoms with Gasteiger partial charge in [-0.25, -0.2) is 4.98 Å². The predicted molar refractivity (Wildman–Crippen MR) is 93.8 cm³/mol. The van der Waals surface area contributed by atoms with Crippen LogP contribution in [0.4, 0.5) is 17.2 Å².